The summed E-state index contributed by atoms with van der Waals surface area (Å²) in [5.41, 5.74) is 8.69. The second-order valence-electron chi connectivity index (χ2n) is 6.21. The molecule has 0 aliphatic heterocycles. The van der Waals surface area contributed by atoms with Crippen LogP contribution in [-0.2, 0) is 0 Å². The molecule has 4 rings (SSSR count). The molecule has 1 saturated carbocycles. The molecule has 124 valence electrons. The van der Waals surface area contributed by atoms with Crippen molar-refractivity contribution in [3.05, 3.63) is 29.2 Å². The first-order valence-electron chi connectivity index (χ1n) is 7.84. The Hall–Kier alpha value is -2.41. The monoisotopic (exact) mass is 344 g/mol. The molecule has 3 aromatic rings. The molecular weight excluding hydrogens is 328 g/mol. The summed E-state index contributed by atoms with van der Waals surface area (Å²) in [6, 6.07) is 3.96. The van der Waals surface area contributed by atoms with Crippen LogP contribution in [0.3, 0.4) is 0 Å². The van der Waals surface area contributed by atoms with Crippen LogP contribution in [0.2, 0.25) is 5.15 Å². The average molecular weight is 345 g/mol. The van der Waals surface area contributed by atoms with Gasteiger partial charge in [0, 0.05) is 5.69 Å². The van der Waals surface area contributed by atoms with E-state index in [1.54, 1.807) is 6.07 Å². The number of nitrogens with two attached hydrogens (primary N) is 1. The van der Waals surface area contributed by atoms with E-state index in [0.717, 1.165) is 5.69 Å². The summed E-state index contributed by atoms with van der Waals surface area (Å²) in [7, 11) is 0. The lowest BCUT2D eigenvalue weighted by Gasteiger charge is -2.12. The third-order valence-electron chi connectivity index (χ3n) is 4.40. The topological polar surface area (TPSA) is 95.7 Å². The fourth-order valence-electron chi connectivity index (χ4n) is 2.85. The van der Waals surface area contributed by atoms with E-state index in [4.69, 9.17) is 21.9 Å². The van der Waals surface area contributed by atoms with Crippen LogP contribution >= 0.6 is 11.6 Å². The Balaban J connectivity index is 1.68. The minimum Gasteiger partial charge on any atom is -0.397 e. The molecule has 8 heteroatoms. The summed E-state index contributed by atoms with van der Waals surface area (Å²) >= 11 is 5.92. The predicted octanol–water partition coefficient (Wildman–Crippen LogP) is 3.51. The Morgan fingerprint density at radius 3 is 2.92 bits per heavy atom. The highest BCUT2D eigenvalue weighted by Gasteiger charge is 2.31. The number of halogens is 1. The number of anilines is 1. The highest BCUT2D eigenvalue weighted by atomic mass is 35.5. The third kappa shape index (κ3) is 2.65. The number of hydrogen-bond acceptors (Lipinski definition) is 6. The summed E-state index contributed by atoms with van der Waals surface area (Å²) in [4.78, 5) is 8.33. The van der Waals surface area contributed by atoms with E-state index in [9.17, 15) is 0 Å². The third-order valence-corrected chi connectivity index (χ3v) is 4.61. The highest BCUT2D eigenvalue weighted by molar-refractivity contribution is 6.29. The highest BCUT2D eigenvalue weighted by Crippen LogP contribution is 2.40. The van der Waals surface area contributed by atoms with Crippen molar-refractivity contribution in [1.82, 2.24) is 24.9 Å². The fraction of sp³-hybridized carbons (Fsp3) is 0.375. The van der Waals surface area contributed by atoms with Crippen LogP contribution in [0.1, 0.15) is 31.5 Å². The van der Waals surface area contributed by atoms with E-state index in [0.29, 0.717) is 45.8 Å². The SMILES string of the molecule is Cc1cc(-c2nc(-c3cc(Cl)ncc3N)no2)nn1C(C)C1CC1. The van der Waals surface area contributed by atoms with Crippen molar-refractivity contribution in [3.63, 3.8) is 0 Å². The van der Waals surface area contributed by atoms with Gasteiger partial charge in [-0.1, -0.05) is 16.8 Å². The number of rotatable bonds is 4. The standard InChI is InChI=1S/C16H17ClN6O/c1-8-5-13(21-23(8)9(2)10-3-4-10)16-20-15(22-24-16)11-6-14(17)19-7-12(11)18/h5-7,9-10H,3-4,18H2,1-2H3. The smallest absolute Gasteiger partial charge is 0.278 e. The van der Waals surface area contributed by atoms with Crippen LogP contribution < -0.4 is 5.73 Å². The van der Waals surface area contributed by atoms with Gasteiger partial charge >= 0.3 is 0 Å². The summed E-state index contributed by atoms with van der Waals surface area (Å²) in [6.07, 6.45) is 4.01. The fourth-order valence-corrected chi connectivity index (χ4v) is 3.01. The number of nitrogens with zero attached hydrogens (tertiary/aromatic N) is 5. The quantitative estimate of drug-likeness (QED) is 0.727. The first kappa shape index (κ1) is 15.1. The number of aryl methyl sites for hydroxylation is 1. The van der Waals surface area contributed by atoms with Gasteiger partial charge in [0.1, 0.15) is 5.15 Å². The van der Waals surface area contributed by atoms with Crippen molar-refractivity contribution >= 4 is 17.3 Å². The molecule has 2 N–H and O–H groups in total. The Kier molecular flexibility index (Phi) is 3.53. The molecule has 3 aromatic heterocycles. The minimum absolute atomic E-state index is 0.323. The molecule has 1 aliphatic rings. The van der Waals surface area contributed by atoms with Gasteiger partial charge in [-0.2, -0.15) is 10.1 Å². The van der Waals surface area contributed by atoms with E-state index < -0.39 is 0 Å². The molecule has 0 amide bonds. The van der Waals surface area contributed by atoms with Gasteiger partial charge in [0.25, 0.3) is 5.89 Å². The van der Waals surface area contributed by atoms with Gasteiger partial charge in [0.2, 0.25) is 5.82 Å². The second kappa shape index (κ2) is 5.59. The molecule has 7 nitrogen and oxygen atoms in total. The number of hydrogen-bond donors (Lipinski definition) is 1. The molecule has 3 heterocycles. The van der Waals surface area contributed by atoms with Crippen molar-refractivity contribution in [1.29, 1.82) is 0 Å². The number of nitrogen functional groups attached to an aromatic ring is 1. The Bertz CT molecular complexity index is 898. The number of pyridine rings is 1. The normalized spacial score (nSPS) is 15.6. The zero-order valence-corrected chi connectivity index (χ0v) is 14.2. The van der Waals surface area contributed by atoms with Crippen molar-refractivity contribution in [2.75, 3.05) is 5.73 Å². The molecule has 0 aromatic carbocycles. The zero-order chi connectivity index (χ0) is 16.8. The largest absolute Gasteiger partial charge is 0.397 e. The van der Waals surface area contributed by atoms with Gasteiger partial charge in [0.05, 0.1) is 23.5 Å². The lowest BCUT2D eigenvalue weighted by molar-refractivity contribution is 0.419. The Labute approximate surface area is 143 Å². The van der Waals surface area contributed by atoms with Gasteiger partial charge in [-0.3, -0.25) is 4.68 Å². The predicted molar refractivity (Wildman–Crippen MR) is 90.3 cm³/mol. The Morgan fingerprint density at radius 1 is 1.38 bits per heavy atom. The lowest BCUT2D eigenvalue weighted by Crippen LogP contribution is -2.10. The van der Waals surface area contributed by atoms with Gasteiger partial charge in [-0.15, -0.1) is 0 Å². The Morgan fingerprint density at radius 2 is 2.17 bits per heavy atom. The van der Waals surface area contributed by atoms with Crippen LogP contribution in [0.25, 0.3) is 23.0 Å². The van der Waals surface area contributed by atoms with Crippen molar-refractivity contribution < 1.29 is 4.52 Å². The number of aromatic nitrogens is 5. The molecule has 24 heavy (non-hydrogen) atoms. The van der Waals surface area contributed by atoms with Gasteiger partial charge in [0.15, 0.2) is 5.69 Å². The van der Waals surface area contributed by atoms with Gasteiger partial charge in [-0.05, 0) is 44.7 Å². The summed E-state index contributed by atoms with van der Waals surface area (Å²) in [5, 5.41) is 8.96. The molecule has 0 bridgehead atoms. The lowest BCUT2D eigenvalue weighted by atomic mass is 10.2. The van der Waals surface area contributed by atoms with E-state index in [2.05, 4.69) is 27.1 Å². The van der Waals surface area contributed by atoms with E-state index in [1.807, 2.05) is 17.7 Å². The first-order chi connectivity index (χ1) is 11.5. The van der Waals surface area contributed by atoms with Gasteiger partial charge < -0.3 is 10.3 Å². The van der Waals surface area contributed by atoms with E-state index in [1.165, 1.54) is 19.0 Å². The maximum Gasteiger partial charge on any atom is 0.278 e. The molecule has 1 atom stereocenters. The molecule has 1 fully saturated rings. The maximum absolute atomic E-state index is 5.92. The van der Waals surface area contributed by atoms with Crippen molar-refractivity contribution in [2.24, 2.45) is 5.92 Å². The van der Waals surface area contributed by atoms with Crippen molar-refractivity contribution in [2.45, 2.75) is 32.7 Å². The molecule has 0 saturated heterocycles. The van der Waals surface area contributed by atoms with E-state index >= 15 is 0 Å². The van der Waals surface area contributed by atoms with Crippen LogP contribution in [-0.4, -0.2) is 24.9 Å². The van der Waals surface area contributed by atoms with Crippen LogP contribution in [0, 0.1) is 12.8 Å². The molecule has 0 spiro atoms. The second-order valence-corrected chi connectivity index (χ2v) is 6.60. The van der Waals surface area contributed by atoms with Crippen molar-refractivity contribution in [3.8, 4) is 23.0 Å². The van der Waals surface area contributed by atoms with Crippen LogP contribution in [0.15, 0.2) is 22.9 Å². The molecular formula is C16H17ClN6O. The average Bonchev–Trinajstić information content (AvgIpc) is 3.17. The summed E-state index contributed by atoms with van der Waals surface area (Å²) < 4.78 is 7.40. The summed E-state index contributed by atoms with van der Waals surface area (Å²) in [5.74, 6) is 1.45. The maximum atomic E-state index is 5.92. The molecule has 1 aliphatic carbocycles. The van der Waals surface area contributed by atoms with Gasteiger partial charge in [-0.25, -0.2) is 4.98 Å². The first-order valence-corrected chi connectivity index (χ1v) is 8.22. The zero-order valence-electron chi connectivity index (χ0n) is 13.4. The van der Waals surface area contributed by atoms with Crippen LogP contribution in [0.5, 0.6) is 0 Å². The summed E-state index contributed by atoms with van der Waals surface area (Å²) in [6.45, 7) is 4.23. The molecule has 1 unspecified atom stereocenters. The minimum atomic E-state index is 0.323. The van der Waals surface area contributed by atoms with Crippen LogP contribution in [0.4, 0.5) is 5.69 Å². The van der Waals surface area contributed by atoms with E-state index in [-0.39, 0.29) is 0 Å². The molecule has 0 radical (unpaired) electrons.